The maximum atomic E-state index is 7.78. The van der Waals surface area contributed by atoms with Crippen LogP contribution in [0.3, 0.4) is 0 Å². The first kappa shape index (κ1) is 4.02. The topological polar surface area (TPSA) is 12.0 Å². The van der Waals surface area contributed by atoms with Crippen LogP contribution in [0, 0.1) is 0 Å². The molecular weight excluding hydrogens is 122 g/mol. The van der Waals surface area contributed by atoms with Gasteiger partial charge in [0.2, 0.25) is 0 Å². The minimum Gasteiger partial charge on any atom is -0.382 e. The number of para-hydroxylation sites is 1. The SMILES string of the molecule is [2H]C1([2H])c2ccccc2N[C@@H]1C. The van der Waals surface area contributed by atoms with Crippen LogP contribution >= 0.6 is 0 Å². The van der Waals surface area contributed by atoms with E-state index in [1.54, 1.807) is 0 Å². The second-order valence-electron chi connectivity index (χ2n) is 2.56. The van der Waals surface area contributed by atoms with E-state index in [0.29, 0.717) is 0 Å². The average molecular weight is 135 g/mol. The summed E-state index contributed by atoms with van der Waals surface area (Å²) in [6.07, 6.45) is -1.23. The molecule has 1 N–H and O–H groups in total. The van der Waals surface area contributed by atoms with Crippen molar-refractivity contribution in [1.29, 1.82) is 0 Å². The van der Waals surface area contributed by atoms with Crippen molar-refractivity contribution in [2.24, 2.45) is 0 Å². The van der Waals surface area contributed by atoms with Crippen LogP contribution in [0.15, 0.2) is 24.3 Å². The molecule has 1 atom stereocenters. The number of benzene rings is 1. The summed E-state index contributed by atoms with van der Waals surface area (Å²) in [5.74, 6) is 0. The maximum absolute atomic E-state index is 7.78. The molecular formula is C9H11N. The lowest BCUT2D eigenvalue weighted by Crippen LogP contribution is -2.08. The molecule has 0 aliphatic carbocycles. The van der Waals surface area contributed by atoms with E-state index < -0.39 is 6.37 Å². The molecule has 0 saturated carbocycles. The molecule has 2 rings (SSSR count). The molecule has 0 bridgehead atoms. The van der Waals surface area contributed by atoms with Gasteiger partial charge in [-0.1, -0.05) is 18.2 Å². The predicted octanol–water partition coefficient (Wildman–Crippen LogP) is 2.04. The molecule has 0 fully saturated rings. The first-order valence-corrected chi connectivity index (χ1v) is 3.48. The van der Waals surface area contributed by atoms with Gasteiger partial charge in [0.25, 0.3) is 0 Å². The van der Waals surface area contributed by atoms with Crippen LogP contribution in [0.4, 0.5) is 5.69 Å². The zero-order valence-corrected chi connectivity index (χ0v) is 5.89. The van der Waals surface area contributed by atoms with Crippen LogP contribution in [-0.4, -0.2) is 6.04 Å². The Morgan fingerprint density at radius 2 is 2.40 bits per heavy atom. The fourth-order valence-corrected chi connectivity index (χ4v) is 1.24. The number of rotatable bonds is 0. The molecule has 1 aliphatic heterocycles. The van der Waals surface area contributed by atoms with E-state index in [0.717, 1.165) is 11.3 Å². The van der Waals surface area contributed by atoms with Gasteiger partial charge in [0.15, 0.2) is 0 Å². The van der Waals surface area contributed by atoms with Crippen LogP contribution in [-0.2, 0) is 6.37 Å². The van der Waals surface area contributed by atoms with Gasteiger partial charge in [-0.2, -0.15) is 0 Å². The smallest absolute Gasteiger partial charge is 0.0375 e. The summed E-state index contributed by atoms with van der Waals surface area (Å²) < 4.78 is 15.6. The van der Waals surface area contributed by atoms with Crippen LogP contribution in [0.25, 0.3) is 0 Å². The Morgan fingerprint density at radius 3 is 3.20 bits per heavy atom. The van der Waals surface area contributed by atoms with Gasteiger partial charge in [0.05, 0.1) is 0 Å². The molecule has 1 aromatic carbocycles. The largest absolute Gasteiger partial charge is 0.382 e. The van der Waals surface area contributed by atoms with E-state index >= 15 is 0 Å². The monoisotopic (exact) mass is 135 g/mol. The normalized spacial score (nSPS) is 29.9. The van der Waals surface area contributed by atoms with Crippen LogP contribution < -0.4 is 5.32 Å². The van der Waals surface area contributed by atoms with Gasteiger partial charge in [-0.15, -0.1) is 0 Å². The van der Waals surface area contributed by atoms with E-state index in [4.69, 9.17) is 2.74 Å². The number of nitrogens with one attached hydrogen (secondary N) is 1. The summed E-state index contributed by atoms with van der Waals surface area (Å²) in [7, 11) is 0. The van der Waals surface area contributed by atoms with E-state index in [-0.39, 0.29) is 6.04 Å². The molecule has 1 nitrogen and oxygen atoms in total. The molecule has 0 spiro atoms. The lowest BCUT2D eigenvalue weighted by molar-refractivity contribution is 0.839. The van der Waals surface area contributed by atoms with E-state index in [2.05, 4.69) is 5.32 Å². The summed E-state index contributed by atoms with van der Waals surface area (Å²) in [5, 5.41) is 3.11. The van der Waals surface area contributed by atoms with Gasteiger partial charge in [0.1, 0.15) is 0 Å². The predicted molar refractivity (Wildman–Crippen MR) is 43.2 cm³/mol. The molecule has 0 amide bonds. The number of hydrogen-bond acceptors (Lipinski definition) is 1. The first-order chi connectivity index (χ1) is 5.62. The third-order valence-electron chi connectivity index (χ3n) is 1.67. The van der Waals surface area contributed by atoms with Gasteiger partial charge in [0, 0.05) is 14.5 Å². The zero-order valence-electron chi connectivity index (χ0n) is 7.89. The molecule has 1 heteroatoms. The second kappa shape index (κ2) is 2.01. The first-order valence-electron chi connectivity index (χ1n) is 4.48. The molecule has 1 aromatic rings. The van der Waals surface area contributed by atoms with Gasteiger partial charge < -0.3 is 5.32 Å². The highest BCUT2D eigenvalue weighted by atomic mass is 14.9. The van der Waals surface area contributed by atoms with Crippen molar-refractivity contribution in [2.45, 2.75) is 19.3 Å². The summed E-state index contributed by atoms with van der Waals surface area (Å²) in [4.78, 5) is 0. The second-order valence-corrected chi connectivity index (χ2v) is 2.56. The fraction of sp³-hybridized carbons (Fsp3) is 0.333. The lowest BCUT2D eigenvalue weighted by Gasteiger charge is -2.00. The third kappa shape index (κ3) is 0.783. The highest BCUT2D eigenvalue weighted by Gasteiger charge is 2.14. The number of hydrogen-bond donors (Lipinski definition) is 1. The Balaban J connectivity index is 2.55. The van der Waals surface area contributed by atoms with Crippen molar-refractivity contribution in [3.63, 3.8) is 0 Å². The van der Waals surface area contributed by atoms with Gasteiger partial charge in [-0.25, -0.2) is 0 Å². The zero-order chi connectivity index (χ0) is 8.77. The van der Waals surface area contributed by atoms with E-state index in [1.807, 2.05) is 31.2 Å². The maximum Gasteiger partial charge on any atom is 0.0375 e. The van der Waals surface area contributed by atoms with Crippen molar-refractivity contribution >= 4 is 5.69 Å². The highest BCUT2D eigenvalue weighted by Crippen LogP contribution is 2.24. The minimum absolute atomic E-state index is 0.130. The van der Waals surface area contributed by atoms with Crippen LogP contribution in [0.5, 0.6) is 0 Å². The van der Waals surface area contributed by atoms with E-state index in [1.165, 1.54) is 0 Å². The molecule has 0 aromatic heterocycles. The van der Waals surface area contributed by atoms with Gasteiger partial charge in [-0.05, 0) is 24.9 Å². The van der Waals surface area contributed by atoms with Crippen molar-refractivity contribution in [1.82, 2.24) is 0 Å². The number of anilines is 1. The van der Waals surface area contributed by atoms with Crippen molar-refractivity contribution in [3.05, 3.63) is 29.8 Å². The Morgan fingerprint density at radius 1 is 1.60 bits per heavy atom. The lowest BCUT2D eigenvalue weighted by atomic mass is 10.1. The molecule has 0 saturated heterocycles. The standard InChI is InChI=1S/C9H11N/c1-7-6-8-4-2-3-5-9(8)10-7/h2-5,7,10H,6H2,1H3/t7-/m1/s1/i6D2. The molecule has 52 valence electrons. The summed E-state index contributed by atoms with van der Waals surface area (Å²) in [6, 6.07) is 7.41. The minimum atomic E-state index is -1.23. The van der Waals surface area contributed by atoms with Gasteiger partial charge in [-0.3, -0.25) is 0 Å². The van der Waals surface area contributed by atoms with E-state index in [9.17, 15) is 0 Å². The fourth-order valence-electron chi connectivity index (χ4n) is 1.24. The molecule has 10 heavy (non-hydrogen) atoms. The Hall–Kier alpha value is -0.980. The van der Waals surface area contributed by atoms with Crippen molar-refractivity contribution in [3.8, 4) is 0 Å². The summed E-state index contributed by atoms with van der Waals surface area (Å²) in [5.41, 5.74) is 1.70. The molecule has 1 aliphatic rings. The van der Waals surface area contributed by atoms with Crippen molar-refractivity contribution < 1.29 is 2.74 Å². The summed E-state index contributed by atoms with van der Waals surface area (Å²) in [6.45, 7) is 1.86. The summed E-state index contributed by atoms with van der Waals surface area (Å²) >= 11 is 0. The molecule has 1 heterocycles. The Bertz CT molecular complexity index is 309. The van der Waals surface area contributed by atoms with Gasteiger partial charge >= 0.3 is 0 Å². The highest BCUT2D eigenvalue weighted by molar-refractivity contribution is 5.56. The molecule has 0 unspecified atom stereocenters. The molecule has 0 radical (unpaired) electrons. The average Bonchev–Trinajstić information content (AvgIpc) is 2.25. The Labute approximate surface area is 63.9 Å². The van der Waals surface area contributed by atoms with Crippen LogP contribution in [0.2, 0.25) is 0 Å². The van der Waals surface area contributed by atoms with Crippen LogP contribution in [0.1, 0.15) is 15.2 Å². The number of fused-ring (bicyclic) bond motifs is 1. The third-order valence-corrected chi connectivity index (χ3v) is 1.67. The Kier molecular flexibility index (Phi) is 0.807. The van der Waals surface area contributed by atoms with Crippen molar-refractivity contribution in [2.75, 3.05) is 5.32 Å². The quantitative estimate of drug-likeness (QED) is 0.574.